The first-order valence-electron chi connectivity index (χ1n) is 5.05. The fourth-order valence-electron chi connectivity index (χ4n) is 1.71. The quantitative estimate of drug-likeness (QED) is 0.701. The smallest absolute Gasteiger partial charge is 0.229 e. The van der Waals surface area contributed by atoms with Gasteiger partial charge in [0.25, 0.3) is 0 Å². The molecule has 1 aliphatic heterocycles. The third kappa shape index (κ3) is 2.09. The average Bonchev–Trinajstić information content (AvgIpc) is 2.73. The van der Waals surface area contributed by atoms with Crippen LogP contribution in [0.15, 0.2) is 16.5 Å². The van der Waals surface area contributed by atoms with E-state index in [1.165, 1.54) is 4.90 Å². The second-order valence-corrected chi connectivity index (χ2v) is 3.70. The maximum atomic E-state index is 11.3. The molecule has 0 aromatic carbocycles. The molecule has 0 spiro atoms. The maximum Gasteiger partial charge on any atom is 0.229 e. The van der Waals surface area contributed by atoms with Crippen molar-refractivity contribution in [3.8, 4) is 0 Å². The summed E-state index contributed by atoms with van der Waals surface area (Å²) in [5.74, 6) is 1.54. The Hall–Kier alpha value is -1.58. The van der Waals surface area contributed by atoms with Gasteiger partial charge in [-0.15, -0.1) is 0 Å². The Labute approximate surface area is 87.9 Å². The van der Waals surface area contributed by atoms with Gasteiger partial charge in [-0.25, -0.2) is 0 Å². The van der Waals surface area contributed by atoms with Gasteiger partial charge in [-0.05, 0) is 19.1 Å². The fraction of sp³-hybridized carbons (Fsp3) is 0.455. The van der Waals surface area contributed by atoms with Crippen molar-refractivity contribution in [2.24, 2.45) is 0 Å². The number of aryl methyl sites for hydroxylation is 1. The molecule has 2 heterocycles. The van der Waals surface area contributed by atoms with E-state index < -0.39 is 0 Å². The predicted molar refractivity (Wildman–Crippen MR) is 53.1 cm³/mol. The number of carbonyl (C=O) groups excluding carboxylic acids is 2. The van der Waals surface area contributed by atoms with Crippen LogP contribution >= 0.6 is 0 Å². The average molecular weight is 207 g/mol. The van der Waals surface area contributed by atoms with Gasteiger partial charge in [0.1, 0.15) is 11.5 Å². The van der Waals surface area contributed by atoms with Crippen LogP contribution in [0.2, 0.25) is 0 Å². The number of furan rings is 1. The lowest BCUT2D eigenvalue weighted by atomic mass is 10.3. The summed E-state index contributed by atoms with van der Waals surface area (Å²) in [6.45, 7) is 2.31. The van der Waals surface area contributed by atoms with Gasteiger partial charge in [0, 0.05) is 25.8 Å². The number of likely N-dealkylation sites (tertiary alicyclic amines) is 1. The van der Waals surface area contributed by atoms with E-state index in [1.807, 2.05) is 19.1 Å². The molecule has 0 bridgehead atoms. The van der Waals surface area contributed by atoms with Crippen LogP contribution in [0, 0.1) is 6.92 Å². The van der Waals surface area contributed by atoms with E-state index in [1.54, 1.807) is 0 Å². The summed E-state index contributed by atoms with van der Waals surface area (Å²) in [5.41, 5.74) is 0. The van der Waals surface area contributed by atoms with Gasteiger partial charge in [-0.2, -0.15) is 0 Å². The molecule has 4 nitrogen and oxygen atoms in total. The van der Waals surface area contributed by atoms with Crippen LogP contribution in [0.4, 0.5) is 0 Å². The minimum absolute atomic E-state index is 0.0664. The van der Waals surface area contributed by atoms with Crippen LogP contribution < -0.4 is 0 Å². The zero-order valence-electron chi connectivity index (χ0n) is 8.66. The van der Waals surface area contributed by atoms with Gasteiger partial charge >= 0.3 is 0 Å². The van der Waals surface area contributed by atoms with Crippen LogP contribution in [0.5, 0.6) is 0 Å². The normalized spacial score (nSPS) is 16.5. The largest absolute Gasteiger partial charge is 0.466 e. The summed E-state index contributed by atoms with van der Waals surface area (Å²) in [6.07, 6.45) is 1.32. The van der Waals surface area contributed by atoms with Crippen molar-refractivity contribution in [1.82, 2.24) is 4.90 Å². The highest BCUT2D eigenvalue weighted by atomic mass is 16.3. The Morgan fingerprint density at radius 1 is 1.27 bits per heavy atom. The molecule has 0 unspecified atom stereocenters. The first-order chi connectivity index (χ1) is 7.16. The molecule has 1 aromatic rings. The van der Waals surface area contributed by atoms with Gasteiger partial charge in [-0.1, -0.05) is 0 Å². The molecule has 0 radical (unpaired) electrons. The molecule has 0 saturated carbocycles. The minimum Gasteiger partial charge on any atom is -0.466 e. The Kier molecular flexibility index (Phi) is 2.58. The van der Waals surface area contributed by atoms with Crippen LogP contribution in [0.3, 0.4) is 0 Å². The third-order valence-corrected chi connectivity index (χ3v) is 2.53. The first kappa shape index (κ1) is 9.96. The van der Waals surface area contributed by atoms with E-state index in [2.05, 4.69) is 0 Å². The Morgan fingerprint density at radius 2 is 1.93 bits per heavy atom. The zero-order valence-corrected chi connectivity index (χ0v) is 8.66. The molecule has 15 heavy (non-hydrogen) atoms. The Balaban J connectivity index is 1.93. The molecule has 1 aliphatic rings. The topological polar surface area (TPSA) is 50.5 Å². The van der Waals surface area contributed by atoms with E-state index >= 15 is 0 Å². The lowest BCUT2D eigenvalue weighted by molar-refractivity contribution is -0.138. The number of rotatable bonds is 3. The molecule has 1 aromatic heterocycles. The molecular weight excluding hydrogens is 194 g/mol. The summed E-state index contributed by atoms with van der Waals surface area (Å²) >= 11 is 0. The van der Waals surface area contributed by atoms with Crippen molar-refractivity contribution in [1.29, 1.82) is 0 Å². The number of nitrogens with zero attached hydrogens (tertiary/aromatic N) is 1. The number of hydrogen-bond acceptors (Lipinski definition) is 3. The van der Waals surface area contributed by atoms with Crippen molar-refractivity contribution in [3.63, 3.8) is 0 Å². The van der Waals surface area contributed by atoms with E-state index in [9.17, 15) is 9.59 Å². The molecule has 80 valence electrons. The Morgan fingerprint density at radius 3 is 2.47 bits per heavy atom. The lowest BCUT2D eigenvalue weighted by Gasteiger charge is -2.11. The predicted octanol–water partition coefficient (Wildman–Crippen LogP) is 1.28. The van der Waals surface area contributed by atoms with Crippen molar-refractivity contribution < 1.29 is 14.0 Å². The highest BCUT2D eigenvalue weighted by Gasteiger charge is 2.28. The summed E-state index contributed by atoms with van der Waals surface area (Å²) in [7, 11) is 0. The van der Waals surface area contributed by atoms with Crippen molar-refractivity contribution >= 4 is 11.8 Å². The summed E-state index contributed by atoms with van der Waals surface area (Å²) in [4.78, 5) is 23.9. The van der Waals surface area contributed by atoms with E-state index in [4.69, 9.17) is 4.42 Å². The number of imide groups is 1. The Bertz CT molecular complexity index is 378. The van der Waals surface area contributed by atoms with E-state index in [0.29, 0.717) is 25.8 Å². The highest BCUT2D eigenvalue weighted by molar-refractivity contribution is 6.01. The van der Waals surface area contributed by atoms with Gasteiger partial charge < -0.3 is 4.42 Å². The second-order valence-electron chi connectivity index (χ2n) is 3.70. The molecule has 1 saturated heterocycles. The van der Waals surface area contributed by atoms with Gasteiger partial charge in [0.05, 0.1) is 0 Å². The maximum absolute atomic E-state index is 11.3. The second kappa shape index (κ2) is 3.88. The zero-order chi connectivity index (χ0) is 10.8. The molecule has 2 rings (SSSR count). The van der Waals surface area contributed by atoms with E-state index in [0.717, 1.165) is 11.5 Å². The van der Waals surface area contributed by atoms with Gasteiger partial charge in [0.15, 0.2) is 0 Å². The number of amides is 2. The van der Waals surface area contributed by atoms with Crippen molar-refractivity contribution in [2.75, 3.05) is 6.54 Å². The standard InChI is InChI=1S/C11H13NO3/c1-8-2-3-9(15-8)6-7-12-10(13)4-5-11(12)14/h2-3H,4-7H2,1H3. The van der Waals surface area contributed by atoms with Crippen LogP contribution in [-0.2, 0) is 16.0 Å². The number of hydrogen-bond donors (Lipinski definition) is 0. The van der Waals surface area contributed by atoms with Gasteiger partial charge in [-0.3, -0.25) is 14.5 Å². The third-order valence-electron chi connectivity index (χ3n) is 2.53. The molecule has 1 fully saturated rings. The monoisotopic (exact) mass is 207 g/mol. The molecule has 0 atom stereocenters. The summed E-state index contributed by atoms with van der Waals surface area (Å²) in [6, 6.07) is 3.75. The van der Waals surface area contributed by atoms with Crippen LogP contribution in [0.1, 0.15) is 24.4 Å². The first-order valence-corrected chi connectivity index (χ1v) is 5.05. The fourth-order valence-corrected chi connectivity index (χ4v) is 1.71. The summed E-state index contributed by atoms with van der Waals surface area (Å²) in [5, 5.41) is 0. The number of carbonyl (C=O) groups is 2. The molecule has 0 N–H and O–H groups in total. The lowest BCUT2D eigenvalue weighted by Crippen LogP contribution is -2.30. The van der Waals surface area contributed by atoms with Crippen LogP contribution in [-0.4, -0.2) is 23.3 Å². The minimum atomic E-state index is -0.0664. The van der Waals surface area contributed by atoms with Gasteiger partial charge in [0.2, 0.25) is 11.8 Å². The molecule has 4 heteroatoms. The van der Waals surface area contributed by atoms with E-state index in [-0.39, 0.29) is 11.8 Å². The van der Waals surface area contributed by atoms with Crippen molar-refractivity contribution in [2.45, 2.75) is 26.2 Å². The van der Waals surface area contributed by atoms with Crippen LogP contribution in [0.25, 0.3) is 0 Å². The molecular formula is C11H13NO3. The summed E-state index contributed by atoms with van der Waals surface area (Å²) < 4.78 is 5.36. The molecule has 0 aliphatic carbocycles. The van der Waals surface area contributed by atoms with Crippen molar-refractivity contribution in [3.05, 3.63) is 23.7 Å². The molecule has 2 amide bonds. The SMILES string of the molecule is Cc1ccc(CCN2C(=O)CCC2=O)o1. The highest BCUT2D eigenvalue weighted by Crippen LogP contribution is 2.13.